The Labute approximate surface area is 123 Å². The predicted octanol–water partition coefficient (Wildman–Crippen LogP) is 2.38. The van der Waals surface area contributed by atoms with Gasteiger partial charge in [0, 0.05) is 24.0 Å². The van der Waals surface area contributed by atoms with Gasteiger partial charge in [-0.2, -0.15) is 0 Å². The maximum Gasteiger partial charge on any atom is 0.340 e. The second-order valence-corrected chi connectivity index (χ2v) is 4.61. The topological polar surface area (TPSA) is 74.4 Å². The lowest BCUT2D eigenvalue weighted by Gasteiger charge is -2.11. The van der Waals surface area contributed by atoms with Crippen molar-refractivity contribution in [3.05, 3.63) is 53.3 Å². The van der Waals surface area contributed by atoms with Gasteiger partial charge in [0.1, 0.15) is 5.75 Å². The van der Waals surface area contributed by atoms with Gasteiger partial charge in [0.05, 0.1) is 19.3 Å². The number of rotatable bonds is 5. The summed E-state index contributed by atoms with van der Waals surface area (Å²) in [6.07, 6.45) is 2.44. The number of ether oxygens (including phenoxy) is 2. The monoisotopic (exact) mass is 286 g/mol. The van der Waals surface area contributed by atoms with Gasteiger partial charge in [0.2, 0.25) is 0 Å². The minimum Gasteiger partial charge on any atom is -0.493 e. The zero-order valence-corrected chi connectivity index (χ0v) is 12.1. The quantitative estimate of drug-likeness (QED) is 0.674. The molecular weight excluding hydrogens is 268 g/mol. The third-order valence-corrected chi connectivity index (χ3v) is 3.12. The second kappa shape index (κ2) is 6.74. The minimum atomic E-state index is -0.467. The minimum absolute atomic E-state index is 0.324. The van der Waals surface area contributed by atoms with Crippen LogP contribution >= 0.6 is 0 Å². The fraction of sp³-hybridized carbons (Fsp3) is 0.250. The summed E-state index contributed by atoms with van der Waals surface area (Å²) in [4.78, 5) is 15.9. The van der Waals surface area contributed by atoms with Crippen LogP contribution in [0.1, 0.15) is 21.6 Å². The van der Waals surface area contributed by atoms with E-state index in [9.17, 15) is 4.79 Å². The smallest absolute Gasteiger partial charge is 0.340 e. The van der Waals surface area contributed by atoms with E-state index in [2.05, 4.69) is 4.98 Å². The first kappa shape index (κ1) is 14.8. The highest BCUT2D eigenvalue weighted by Gasteiger charge is 2.14. The van der Waals surface area contributed by atoms with Crippen LogP contribution in [0.4, 0.5) is 5.69 Å². The van der Waals surface area contributed by atoms with Crippen LogP contribution in [0.15, 0.2) is 36.5 Å². The molecule has 110 valence electrons. The van der Waals surface area contributed by atoms with Crippen LogP contribution in [0.2, 0.25) is 0 Å². The molecule has 0 aliphatic rings. The van der Waals surface area contributed by atoms with Gasteiger partial charge in [-0.1, -0.05) is 6.07 Å². The molecule has 0 fully saturated rings. The third kappa shape index (κ3) is 3.72. The molecule has 1 aromatic heterocycles. The number of carbonyl (C=O) groups excluding carboxylic acids is 1. The molecule has 0 amide bonds. The summed E-state index contributed by atoms with van der Waals surface area (Å²) in [5.41, 5.74) is 8.36. The Hall–Kier alpha value is -2.56. The largest absolute Gasteiger partial charge is 0.493 e. The summed E-state index contributed by atoms with van der Waals surface area (Å²) in [6, 6.07) is 9.16. The van der Waals surface area contributed by atoms with Crippen LogP contribution in [0, 0.1) is 6.92 Å². The Morgan fingerprint density at radius 2 is 2.14 bits per heavy atom. The van der Waals surface area contributed by atoms with Crippen molar-refractivity contribution in [1.82, 2.24) is 4.98 Å². The van der Waals surface area contributed by atoms with Crippen LogP contribution < -0.4 is 10.5 Å². The summed E-state index contributed by atoms with van der Waals surface area (Å²) in [5, 5.41) is 0. The van der Waals surface area contributed by atoms with Crippen molar-refractivity contribution < 1.29 is 14.3 Å². The molecule has 0 aliphatic heterocycles. The number of nitrogens with two attached hydrogens (primary N) is 1. The van der Waals surface area contributed by atoms with Gasteiger partial charge < -0.3 is 15.2 Å². The van der Waals surface area contributed by atoms with Crippen LogP contribution in [0.25, 0.3) is 0 Å². The first-order chi connectivity index (χ1) is 10.1. The standard InChI is InChI=1S/C16H18N2O3/c1-11-9-13(10-14(15(11)17)16(19)20-2)21-8-6-12-5-3-4-7-18-12/h3-5,7,9-10H,6,8,17H2,1-2H3. The molecule has 5 heteroatoms. The Balaban J connectivity index is 2.06. The van der Waals surface area contributed by atoms with Crippen molar-refractivity contribution in [3.8, 4) is 5.75 Å². The van der Waals surface area contributed by atoms with E-state index in [1.54, 1.807) is 18.3 Å². The van der Waals surface area contributed by atoms with Gasteiger partial charge in [0.15, 0.2) is 0 Å². The number of nitrogens with zero attached hydrogens (tertiary/aromatic N) is 1. The van der Waals surface area contributed by atoms with E-state index in [1.807, 2.05) is 25.1 Å². The van der Waals surface area contributed by atoms with Gasteiger partial charge >= 0.3 is 5.97 Å². The molecular formula is C16H18N2O3. The van der Waals surface area contributed by atoms with Gasteiger partial charge in [-0.3, -0.25) is 4.98 Å². The van der Waals surface area contributed by atoms with E-state index in [1.165, 1.54) is 7.11 Å². The number of pyridine rings is 1. The van der Waals surface area contributed by atoms with E-state index < -0.39 is 5.97 Å². The normalized spacial score (nSPS) is 10.2. The molecule has 5 nitrogen and oxygen atoms in total. The van der Waals surface area contributed by atoms with E-state index in [0.717, 1.165) is 11.3 Å². The average Bonchev–Trinajstić information content (AvgIpc) is 2.51. The molecule has 2 N–H and O–H groups in total. The van der Waals surface area contributed by atoms with Gasteiger partial charge in [-0.15, -0.1) is 0 Å². The predicted molar refractivity (Wildman–Crippen MR) is 80.4 cm³/mol. The van der Waals surface area contributed by atoms with Crippen molar-refractivity contribution in [2.45, 2.75) is 13.3 Å². The average molecular weight is 286 g/mol. The summed E-state index contributed by atoms with van der Waals surface area (Å²) in [7, 11) is 1.33. The first-order valence-electron chi connectivity index (χ1n) is 6.63. The van der Waals surface area contributed by atoms with E-state index in [0.29, 0.717) is 30.0 Å². The number of hydrogen-bond donors (Lipinski definition) is 1. The molecule has 0 atom stereocenters. The lowest BCUT2D eigenvalue weighted by Crippen LogP contribution is -2.09. The number of anilines is 1. The molecule has 0 unspecified atom stereocenters. The highest BCUT2D eigenvalue weighted by atomic mass is 16.5. The maximum atomic E-state index is 11.7. The third-order valence-electron chi connectivity index (χ3n) is 3.12. The van der Waals surface area contributed by atoms with Crippen molar-refractivity contribution in [1.29, 1.82) is 0 Å². The lowest BCUT2D eigenvalue weighted by atomic mass is 10.1. The Bertz CT molecular complexity index is 627. The molecule has 1 aromatic carbocycles. The molecule has 0 aliphatic carbocycles. The molecule has 1 heterocycles. The van der Waals surface area contributed by atoms with Crippen LogP contribution in [0.5, 0.6) is 5.75 Å². The number of esters is 1. The van der Waals surface area contributed by atoms with Crippen LogP contribution in [0.3, 0.4) is 0 Å². The molecule has 2 aromatic rings. The fourth-order valence-corrected chi connectivity index (χ4v) is 1.95. The first-order valence-corrected chi connectivity index (χ1v) is 6.63. The molecule has 2 rings (SSSR count). The van der Waals surface area contributed by atoms with Crippen molar-refractivity contribution in [2.75, 3.05) is 19.5 Å². The second-order valence-electron chi connectivity index (χ2n) is 4.61. The number of nitrogen functional groups attached to an aromatic ring is 1. The summed E-state index contributed by atoms with van der Waals surface area (Å²) in [6.45, 7) is 2.30. The van der Waals surface area contributed by atoms with Crippen molar-refractivity contribution in [3.63, 3.8) is 0 Å². The Kier molecular flexibility index (Phi) is 4.77. The highest BCUT2D eigenvalue weighted by molar-refractivity contribution is 5.96. The fourth-order valence-electron chi connectivity index (χ4n) is 1.95. The SMILES string of the molecule is COC(=O)c1cc(OCCc2ccccn2)cc(C)c1N. The Morgan fingerprint density at radius 1 is 1.33 bits per heavy atom. The summed E-state index contributed by atoms with van der Waals surface area (Å²) < 4.78 is 10.4. The van der Waals surface area contributed by atoms with Crippen molar-refractivity contribution in [2.24, 2.45) is 0 Å². The maximum absolute atomic E-state index is 11.7. The number of aromatic nitrogens is 1. The molecule has 0 bridgehead atoms. The van der Waals surface area contributed by atoms with E-state index >= 15 is 0 Å². The Morgan fingerprint density at radius 3 is 2.81 bits per heavy atom. The summed E-state index contributed by atoms with van der Waals surface area (Å²) >= 11 is 0. The van der Waals surface area contributed by atoms with Crippen LogP contribution in [-0.2, 0) is 11.2 Å². The molecule has 0 saturated heterocycles. The zero-order valence-electron chi connectivity index (χ0n) is 12.1. The van der Waals surface area contributed by atoms with Crippen molar-refractivity contribution >= 4 is 11.7 Å². The number of benzene rings is 1. The number of carbonyl (C=O) groups is 1. The molecule has 0 radical (unpaired) electrons. The number of methoxy groups -OCH3 is 1. The summed E-state index contributed by atoms with van der Waals surface area (Å²) in [5.74, 6) is 0.129. The lowest BCUT2D eigenvalue weighted by molar-refractivity contribution is 0.0601. The highest BCUT2D eigenvalue weighted by Crippen LogP contribution is 2.25. The van der Waals surface area contributed by atoms with Crippen LogP contribution in [-0.4, -0.2) is 24.7 Å². The molecule has 21 heavy (non-hydrogen) atoms. The van der Waals surface area contributed by atoms with E-state index in [-0.39, 0.29) is 0 Å². The number of hydrogen-bond acceptors (Lipinski definition) is 5. The van der Waals surface area contributed by atoms with Gasteiger partial charge in [-0.25, -0.2) is 4.79 Å². The van der Waals surface area contributed by atoms with E-state index in [4.69, 9.17) is 15.2 Å². The molecule has 0 saturated carbocycles. The van der Waals surface area contributed by atoms with Gasteiger partial charge in [0.25, 0.3) is 0 Å². The zero-order chi connectivity index (χ0) is 15.2. The van der Waals surface area contributed by atoms with Gasteiger partial charge in [-0.05, 0) is 36.8 Å². The molecule has 0 spiro atoms. The number of aryl methyl sites for hydroxylation is 1.